The van der Waals surface area contributed by atoms with E-state index in [9.17, 15) is 8.42 Å². The number of hydrogen-bond donors (Lipinski definition) is 2. The van der Waals surface area contributed by atoms with Crippen molar-refractivity contribution in [2.45, 2.75) is 11.8 Å². The van der Waals surface area contributed by atoms with Gasteiger partial charge in [0.05, 0.1) is 11.4 Å². The molecule has 2 aromatic rings. The van der Waals surface area contributed by atoms with Gasteiger partial charge in [0.25, 0.3) is 0 Å². The Morgan fingerprint density at radius 2 is 1.75 bits per heavy atom. The van der Waals surface area contributed by atoms with Crippen molar-refractivity contribution in [1.29, 1.82) is 0 Å². The van der Waals surface area contributed by atoms with Crippen LogP contribution in [-0.2, 0) is 10.1 Å². The summed E-state index contributed by atoms with van der Waals surface area (Å²) in [5.41, 5.74) is 12.3. The van der Waals surface area contributed by atoms with E-state index in [2.05, 4.69) is 0 Å². The molecule has 106 valence electrons. The first kappa shape index (κ1) is 14.5. The number of hydrogen-bond acceptors (Lipinski definition) is 5. The summed E-state index contributed by atoms with van der Waals surface area (Å²) in [4.78, 5) is 0.0143. The highest BCUT2D eigenvalue weighted by atomic mass is 35.5. The minimum Gasteiger partial charge on any atom is -0.397 e. The van der Waals surface area contributed by atoms with E-state index in [-0.39, 0.29) is 16.3 Å². The molecule has 20 heavy (non-hydrogen) atoms. The van der Waals surface area contributed by atoms with Crippen molar-refractivity contribution in [2.75, 3.05) is 11.5 Å². The molecule has 0 aliphatic heterocycles. The van der Waals surface area contributed by atoms with Gasteiger partial charge in [0.15, 0.2) is 0 Å². The maximum absolute atomic E-state index is 12.2. The van der Waals surface area contributed by atoms with E-state index in [1.807, 2.05) is 0 Å². The first-order valence-electron chi connectivity index (χ1n) is 5.65. The van der Waals surface area contributed by atoms with E-state index >= 15 is 0 Å². The van der Waals surface area contributed by atoms with E-state index in [0.29, 0.717) is 16.3 Å². The third-order valence-electron chi connectivity index (χ3n) is 2.68. The summed E-state index contributed by atoms with van der Waals surface area (Å²) in [5, 5.41) is 0.314. The summed E-state index contributed by atoms with van der Waals surface area (Å²) in [7, 11) is -3.98. The Morgan fingerprint density at radius 1 is 1.05 bits per heavy atom. The molecular formula is C13H13ClN2O3S. The Morgan fingerprint density at radius 3 is 2.40 bits per heavy atom. The predicted molar refractivity (Wildman–Crippen MR) is 79.3 cm³/mol. The average molecular weight is 313 g/mol. The zero-order valence-corrected chi connectivity index (χ0v) is 12.2. The number of halogens is 1. The molecule has 0 atom stereocenters. The van der Waals surface area contributed by atoms with E-state index in [0.717, 1.165) is 0 Å². The second-order valence-corrected chi connectivity index (χ2v) is 6.19. The summed E-state index contributed by atoms with van der Waals surface area (Å²) in [6.07, 6.45) is 0. The van der Waals surface area contributed by atoms with Crippen LogP contribution in [0.1, 0.15) is 5.56 Å². The highest BCUT2D eigenvalue weighted by Gasteiger charge is 2.20. The summed E-state index contributed by atoms with van der Waals surface area (Å²) in [5.74, 6) is 0.0936. The minimum atomic E-state index is -3.98. The van der Waals surface area contributed by atoms with Crippen molar-refractivity contribution in [3.8, 4) is 5.75 Å². The molecule has 0 amide bonds. The van der Waals surface area contributed by atoms with E-state index in [1.54, 1.807) is 19.1 Å². The molecule has 0 bridgehead atoms. The topological polar surface area (TPSA) is 95.4 Å². The molecule has 0 saturated heterocycles. The number of nitrogen functional groups attached to an aromatic ring is 2. The molecule has 0 aliphatic rings. The molecule has 0 spiro atoms. The minimum absolute atomic E-state index is 0.0143. The van der Waals surface area contributed by atoms with Gasteiger partial charge >= 0.3 is 10.1 Å². The van der Waals surface area contributed by atoms with Gasteiger partial charge in [-0.1, -0.05) is 17.7 Å². The van der Waals surface area contributed by atoms with Crippen molar-refractivity contribution in [3.05, 3.63) is 47.0 Å². The smallest absolute Gasteiger partial charge is 0.339 e. The Hall–Kier alpha value is -1.92. The predicted octanol–water partition coefficient (Wildman–Crippen LogP) is 2.58. The molecule has 0 saturated carbocycles. The molecule has 0 unspecified atom stereocenters. The van der Waals surface area contributed by atoms with Crippen molar-refractivity contribution >= 4 is 33.1 Å². The third kappa shape index (κ3) is 2.97. The van der Waals surface area contributed by atoms with Crippen LogP contribution in [-0.4, -0.2) is 8.42 Å². The fraction of sp³-hybridized carbons (Fsp3) is 0.0769. The van der Waals surface area contributed by atoms with Gasteiger partial charge in [0, 0.05) is 11.1 Å². The van der Waals surface area contributed by atoms with Gasteiger partial charge in [-0.05, 0) is 36.8 Å². The number of aryl methyl sites for hydroxylation is 1. The molecular weight excluding hydrogens is 300 g/mol. The number of rotatable bonds is 3. The zero-order chi connectivity index (χ0) is 14.9. The van der Waals surface area contributed by atoms with Crippen LogP contribution in [0, 0.1) is 6.92 Å². The molecule has 0 heterocycles. The highest BCUT2D eigenvalue weighted by molar-refractivity contribution is 7.87. The average Bonchev–Trinajstić information content (AvgIpc) is 2.36. The Kier molecular flexibility index (Phi) is 3.78. The van der Waals surface area contributed by atoms with E-state index < -0.39 is 10.1 Å². The quantitative estimate of drug-likeness (QED) is 0.671. The molecule has 4 N–H and O–H groups in total. The standard InChI is InChI=1S/C13H13ClN2O3S/c1-8-2-3-9(14)6-13(8)20(17,18)19-10-4-5-11(15)12(16)7-10/h2-7H,15-16H2,1H3. The molecule has 5 nitrogen and oxygen atoms in total. The van der Waals surface area contributed by atoms with Crippen LogP contribution in [0.4, 0.5) is 11.4 Å². The van der Waals surface area contributed by atoms with E-state index in [4.69, 9.17) is 27.3 Å². The monoisotopic (exact) mass is 312 g/mol. The lowest BCUT2D eigenvalue weighted by atomic mass is 10.2. The second-order valence-electron chi connectivity index (χ2n) is 4.24. The summed E-state index contributed by atoms with van der Waals surface area (Å²) >= 11 is 5.82. The first-order chi connectivity index (χ1) is 9.29. The van der Waals surface area contributed by atoms with Crippen molar-refractivity contribution in [2.24, 2.45) is 0 Å². The lowest BCUT2D eigenvalue weighted by Crippen LogP contribution is -2.11. The van der Waals surface area contributed by atoms with E-state index in [1.165, 1.54) is 24.3 Å². The lowest BCUT2D eigenvalue weighted by Gasteiger charge is -2.10. The molecule has 0 aliphatic carbocycles. The molecule has 0 fully saturated rings. The van der Waals surface area contributed by atoms with Crippen LogP contribution in [0.15, 0.2) is 41.3 Å². The number of benzene rings is 2. The molecule has 2 aromatic carbocycles. The lowest BCUT2D eigenvalue weighted by molar-refractivity contribution is 0.485. The maximum atomic E-state index is 12.2. The number of anilines is 2. The number of nitrogens with two attached hydrogens (primary N) is 2. The highest BCUT2D eigenvalue weighted by Crippen LogP contribution is 2.27. The van der Waals surface area contributed by atoms with Gasteiger partial charge in [-0.15, -0.1) is 0 Å². The summed E-state index contributed by atoms with van der Waals surface area (Å²) in [6, 6.07) is 8.82. The summed E-state index contributed by atoms with van der Waals surface area (Å²) < 4.78 is 29.5. The third-order valence-corrected chi connectivity index (χ3v) is 4.31. The van der Waals surface area contributed by atoms with Crippen LogP contribution >= 0.6 is 11.6 Å². The second kappa shape index (κ2) is 5.22. The largest absolute Gasteiger partial charge is 0.397 e. The first-order valence-corrected chi connectivity index (χ1v) is 7.44. The van der Waals surface area contributed by atoms with Crippen molar-refractivity contribution in [1.82, 2.24) is 0 Å². The fourth-order valence-electron chi connectivity index (χ4n) is 1.62. The van der Waals surface area contributed by atoms with Crippen molar-refractivity contribution in [3.63, 3.8) is 0 Å². The summed E-state index contributed by atoms with van der Waals surface area (Å²) in [6.45, 7) is 1.66. The van der Waals surface area contributed by atoms with Gasteiger partial charge < -0.3 is 15.7 Å². The van der Waals surface area contributed by atoms with Gasteiger partial charge in [0.2, 0.25) is 0 Å². The van der Waals surface area contributed by atoms with Gasteiger partial charge in [0.1, 0.15) is 10.6 Å². The van der Waals surface area contributed by atoms with Crippen LogP contribution in [0.3, 0.4) is 0 Å². The molecule has 7 heteroatoms. The Bertz CT molecular complexity index is 760. The SMILES string of the molecule is Cc1ccc(Cl)cc1S(=O)(=O)Oc1ccc(N)c(N)c1. The normalized spacial score (nSPS) is 11.3. The fourth-order valence-corrected chi connectivity index (χ4v) is 3.04. The Labute approximate surface area is 122 Å². The van der Waals surface area contributed by atoms with Gasteiger partial charge in [-0.2, -0.15) is 8.42 Å². The van der Waals surface area contributed by atoms with Crippen LogP contribution in [0.25, 0.3) is 0 Å². The molecule has 2 rings (SSSR count). The maximum Gasteiger partial charge on any atom is 0.339 e. The molecule has 0 aromatic heterocycles. The molecule has 0 radical (unpaired) electrons. The zero-order valence-electron chi connectivity index (χ0n) is 10.6. The van der Waals surface area contributed by atoms with Crippen LogP contribution in [0.2, 0.25) is 5.02 Å². The van der Waals surface area contributed by atoms with Crippen molar-refractivity contribution < 1.29 is 12.6 Å². The van der Waals surface area contributed by atoms with Gasteiger partial charge in [-0.25, -0.2) is 0 Å². The Balaban J connectivity index is 2.40. The van der Waals surface area contributed by atoms with Gasteiger partial charge in [-0.3, -0.25) is 0 Å². The van der Waals surface area contributed by atoms with Crippen LogP contribution < -0.4 is 15.7 Å². The van der Waals surface area contributed by atoms with Crippen LogP contribution in [0.5, 0.6) is 5.75 Å².